The Labute approximate surface area is 164 Å². The molecule has 1 atom stereocenters. The largest absolute Gasteiger partial charge is 0.326 e. The van der Waals surface area contributed by atoms with E-state index in [9.17, 15) is 9.59 Å². The van der Waals surface area contributed by atoms with Gasteiger partial charge in [-0.3, -0.25) is 9.59 Å². The lowest BCUT2D eigenvalue weighted by atomic mass is 9.59. The first-order valence-electron chi connectivity index (χ1n) is 9.73. The molecule has 3 heteroatoms. The number of anilines is 1. The summed E-state index contributed by atoms with van der Waals surface area (Å²) in [5.74, 6) is 0.247. The Morgan fingerprint density at radius 1 is 0.821 bits per heavy atom. The number of Topliss-reactive ketones (excluding diaryl/α,β-unsaturated/α-hetero) is 1. The van der Waals surface area contributed by atoms with Crippen LogP contribution in [0.2, 0.25) is 0 Å². The van der Waals surface area contributed by atoms with Crippen LogP contribution in [-0.4, -0.2) is 11.7 Å². The molecule has 0 fully saturated rings. The lowest BCUT2D eigenvalue weighted by molar-refractivity contribution is -0.121. The van der Waals surface area contributed by atoms with E-state index in [1.807, 2.05) is 12.1 Å². The number of amides is 1. The summed E-state index contributed by atoms with van der Waals surface area (Å²) in [5.41, 5.74) is 6.55. The summed E-state index contributed by atoms with van der Waals surface area (Å²) < 4.78 is 0. The monoisotopic (exact) mass is 367 g/mol. The average Bonchev–Trinajstić information content (AvgIpc) is 2.74. The number of ketones is 1. The molecule has 0 saturated carbocycles. The van der Waals surface area contributed by atoms with Gasteiger partial charge in [-0.15, -0.1) is 0 Å². The molecule has 3 aliphatic carbocycles. The molecule has 2 bridgehead atoms. The SMILES string of the molecule is CC(=O)c1cccc(NC(=O)[C@H]2CC3c4ccccc4C2c2ccccc23)c1. The van der Waals surface area contributed by atoms with E-state index in [4.69, 9.17) is 0 Å². The van der Waals surface area contributed by atoms with Gasteiger partial charge >= 0.3 is 0 Å². The van der Waals surface area contributed by atoms with Crippen LogP contribution in [0.1, 0.15) is 57.8 Å². The highest BCUT2D eigenvalue weighted by molar-refractivity contribution is 5.98. The Bertz CT molecular complexity index is 1050. The van der Waals surface area contributed by atoms with Crippen molar-refractivity contribution in [1.29, 1.82) is 0 Å². The maximum absolute atomic E-state index is 13.3. The fraction of sp³-hybridized carbons (Fsp3) is 0.200. The maximum atomic E-state index is 13.3. The van der Waals surface area contributed by atoms with Crippen molar-refractivity contribution in [1.82, 2.24) is 0 Å². The fourth-order valence-electron chi connectivity index (χ4n) is 4.94. The second-order valence-electron chi connectivity index (χ2n) is 7.76. The molecule has 0 saturated heterocycles. The van der Waals surface area contributed by atoms with E-state index in [-0.39, 0.29) is 29.4 Å². The van der Waals surface area contributed by atoms with Gasteiger partial charge in [-0.1, -0.05) is 60.7 Å². The molecule has 0 spiro atoms. The molecule has 0 radical (unpaired) electrons. The molecule has 28 heavy (non-hydrogen) atoms. The molecular weight excluding hydrogens is 346 g/mol. The fourth-order valence-corrected chi connectivity index (χ4v) is 4.94. The van der Waals surface area contributed by atoms with E-state index < -0.39 is 0 Å². The molecule has 0 aliphatic heterocycles. The molecule has 3 aromatic carbocycles. The van der Waals surface area contributed by atoms with Crippen molar-refractivity contribution >= 4 is 17.4 Å². The summed E-state index contributed by atoms with van der Waals surface area (Å²) in [6.07, 6.45) is 0.816. The maximum Gasteiger partial charge on any atom is 0.228 e. The summed E-state index contributed by atoms with van der Waals surface area (Å²) in [5, 5.41) is 3.06. The second-order valence-corrected chi connectivity index (χ2v) is 7.76. The van der Waals surface area contributed by atoms with Gasteiger partial charge in [0.2, 0.25) is 5.91 Å². The Morgan fingerprint density at radius 3 is 2.04 bits per heavy atom. The molecule has 138 valence electrons. The number of rotatable bonds is 3. The average molecular weight is 367 g/mol. The number of hydrogen-bond donors (Lipinski definition) is 1. The smallest absolute Gasteiger partial charge is 0.228 e. The van der Waals surface area contributed by atoms with Gasteiger partial charge in [0, 0.05) is 23.1 Å². The Hall–Kier alpha value is -3.20. The van der Waals surface area contributed by atoms with Crippen LogP contribution in [0.3, 0.4) is 0 Å². The van der Waals surface area contributed by atoms with Crippen molar-refractivity contribution in [3.05, 3.63) is 101 Å². The van der Waals surface area contributed by atoms with E-state index in [1.165, 1.54) is 29.2 Å². The first-order valence-corrected chi connectivity index (χ1v) is 9.73. The normalized spacial score (nSPS) is 21.5. The molecule has 0 aromatic heterocycles. The van der Waals surface area contributed by atoms with Gasteiger partial charge in [0.05, 0.1) is 5.92 Å². The van der Waals surface area contributed by atoms with Gasteiger partial charge in [0.15, 0.2) is 5.78 Å². The number of carbonyl (C=O) groups excluding carboxylic acids is 2. The molecule has 6 rings (SSSR count). The summed E-state index contributed by atoms with van der Waals surface area (Å²) in [4.78, 5) is 24.9. The van der Waals surface area contributed by atoms with E-state index in [0.717, 1.165) is 6.42 Å². The number of carbonyl (C=O) groups is 2. The van der Waals surface area contributed by atoms with Gasteiger partial charge in [-0.25, -0.2) is 0 Å². The van der Waals surface area contributed by atoms with Crippen molar-refractivity contribution in [2.45, 2.75) is 25.2 Å². The first kappa shape index (κ1) is 16.9. The molecule has 0 heterocycles. The van der Waals surface area contributed by atoms with Gasteiger partial charge in [-0.05, 0) is 47.7 Å². The molecule has 0 unspecified atom stereocenters. The predicted molar refractivity (Wildman–Crippen MR) is 110 cm³/mol. The minimum absolute atomic E-state index is 0.00400. The second kappa shape index (κ2) is 6.45. The zero-order valence-electron chi connectivity index (χ0n) is 15.7. The highest BCUT2D eigenvalue weighted by Gasteiger charge is 2.45. The highest BCUT2D eigenvalue weighted by Crippen LogP contribution is 2.55. The Kier molecular flexibility index (Phi) is 3.90. The predicted octanol–water partition coefficient (Wildman–Crippen LogP) is 5.13. The number of fused-ring (bicyclic) bond motifs is 1. The van der Waals surface area contributed by atoms with E-state index in [2.05, 4.69) is 53.8 Å². The summed E-state index contributed by atoms with van der Waals surface area (Å²) in [6, 6.07) is 24.2. The lowest BCUT2D eigenvalue weighted by Gasteiger charge is -2.44. The van der Waals surface area contributed by atoms with Crippen LogP contribution < -0.4 is 5.32 Å². The first-order chi connectivity index (χ1) is 13.6. The van der Waals surface area contributed by atoms with Gasteiger partial charge in [-0.2, -0.15) is 0 Å². The van der Waals surface area contributed by atoms with Gasteiger partial charge in [0.25, 0.3) is 0 Å². The molecule has 1 amide bonds. The number of hydrogen-bond acceptors (Lipinski definition) is 2. The minimum Gasteiger partial charge on any atom is -0.326 e. The zero-order chi connectivity index (χ0) is 19.3. The third-order valence-electron chi connectivity index (χ3n) is 6.18. The van der Waals surface area contributed by atoms with Crippen molar-refractivity contribution in [3.8, 4) is 0 Å². The number of benzene rings is 3. The molecule has 3 aromatic rings. The van der Waals surface area contributed by atoms with Crippen molar-refractivity contribution in [2.24, 2.45) is 5.92 Å². The van der Waals surface area contributed by atoms with Crippen LogP contribution in [0.5, 0.6) is 0 Å². The Balaban J connectivity index is 1.51. The topological polar surface area (TPSA) is 46.2 Å². The van der Waals surface area contributed by atoms with Crippen LogP contribution >= 0.6 is 0 Å². The van der Waals surface area contributed by atoms with E-state index in [0.29, 0.717) is 11.3 Å². The number of nitrogens with one attached hydrogen (secondary N) is 1. The third kappa shape index (κ3) is 2.58. The van der Waals surface area contributed by atoms with Crippen LogP contribution in [-0.2, 0) is 4.79 Å². The summed E-state index contributed by atoms with van der Waals surface area (Å²) >= 11 is 0. The third-order valence-corrected chi connectivity index (χ3v) is 6.18. The minimum atomic E-state index is -0.115. The molecule has 1 N–H and O–H groups in total. The molecule has 3 aliphatic rings. The summed E-state index contributed by atoms with van der Waals surface area (Å²) in [6.45, 7) is 1.54. The van der Waals surface area contributed by atoms with Crippen molar-refractivity contribution < 1.29 is 9.59 Å². The van der Waals surface area contributed by atoms with Crippen LogP contribution in [0.4, 0.5) is 5.69 Å². The van der Waals surface area contributed by atoms with Gasteiger partial charge < -0.3 is 5.32 Å². The lowest BCUT2D eigenvalue weighted by Crippen LogP contribution is -2.38. The molecule has 3 nitrogen and oxygen atoms in total. The van der Waals surface area contributed by atoms with Crippen molar-refractivity contribution in [2.75, 3.05) is 5.32 Å². The van der Waals surface area contributed by atoms with Crippen LogP contribution in [0.15, 0.2) is 72.8 Å². The zero-order valence-corrected chi connectivity index (χ0v) is 15.7. The van der Waals surface area contributed by atoms with Gasteiger partial charge in [0.1, 0.15) is 0 Å². The Morgan fingerprint density at radius 2 is 1.43 bits per heavy atom. The quantitative estimate of drug-likeness (QED) is 0.653. The van der Waals surface area contributed by atoms with Crippen LogP contribution in [0, 0.1) is 5.92 Å². The summed E-state index contributed by atoms with van der Waals surface area (Å²) in [7, 11) is 0. The van der Waals surface area contributed by atoms with E-state index >= 15 is 0 Å². The van der Waals surface area contributed by atoms with E-state index in [1.54, 1.807) is 12.1 Å². The van der Waals surface area contributed by atoms with Crippen LogP contribution in [0.25, 0.3) is 0 Å². The molecular formula is C25H21NO2. The van der Waals surface area contributed by atoms with Crippen molar-refractivity contribution in [3.63, 3.8) is 0 Å². The standard InChI is InChI=1S/C25H21NO2/c1-15(27)16-7-6-8-17(13-16)26-25(28)23-14-22-18-9-2-4-11-20(18)24(23)21-12-5-3-10-19(21)22/h2-13,22-24H,14H2,1H3,(H,26,28)/t22?,23-,24?/m0/s1. The highest BCUT2D eigenvalue weighted by atomic mass is 16.2.